The maximum atomic E-state index is 9.49. The van der Waals surface area contributed by atoms with E-state index in [1.54, 1.807) is 0 Å². The molecule has 0 unspecified atom stereocenters. The summed E-state index contributed by atoms with van der Waals surface area (Å²) in [6.45, 7) is 5.97. The smallest absolute Gasteiger partial charge is 0.0511 e. The molecule has 1 heterocycles. The van der Waals surface area contributed by atoms with Crippen LogP contribution in [0.5, 0.6) is 0 Å². The summed E-state index contributed by atoms with van der Waals surface area (Å²) in [4.78, 5) is 0. The molecule has 0 aliphatic carbocycles. The van der Waals surface area contributed by atoms with Gasteiger partial charge in [-0.3, -0.25) is 0 Å². The zero-order valence-electron chi connectivity index (χ0n) is 9.91. The van der Waals surface area contributed by atoms with E-state index in [9.17, 15) is 10.2 Å². The van der Waals surface area contributed by atoms with E-state index >= 15 is 0 Å². The molecule has 0 bridgehead atoms. The average molecular weight is 216 g/mol. The Labute approximate surface area is 92.4 Å². The summed E-state index contributed by atoms with van der Waals surface area (Å²) in [5.41, 5.74) is -0.304. The Morgan fingerprint density at radius 1 is 1.20 bits per heavy atom. The second-order valence-corrected chi connectivity index (χ2v) is 5.09. The average Bonchev–Trinajstić information content (AvgIpc) is 2.27. The van der Waals surface area contributed by atoms with E-state index < -0.39 is 0 Å². The van der Waals surface area contributed by atoms with E-state index in [-0.39, 0.29) is 18.6 Å². The van der Waals surface area contributed by atoms with Crippen LogP contribution in [0.1, 0.15) is 33.1 Å². The normalized spacial score (nSPS) is 19.8. The van der Waals surface area contributed by atoms with Crippen molar-refractivity contribution in [2.45, 2.75) is 33.1 Å². The van der Waals surface area contributed by atoms with Crippen LogP contribution in [-0.2, 0) is 4.74 Å². The summed E-state index contributed by atoms with van der Waals surface area (Å²) in [5.74, 6) is 0.913. The van der Waals surface area contributed by atoms with Gasteiger partial charge < -0.3 is 14.9 Å². The van der Waals surface area contributed by atoms with Gasteiger partial charge in [-0.05, 0) is 31.1 Å². The quantitative estimate of drug-likeness (QED) is 0.731. The number of hydrogen-bond donors (Lipinski definition) is 2. The van der Waals surface area contributed by atoms with Crippen LogP contribution in [0.3, 0.4) is 0 Å². The van der Waals surface area contributed by atoms with Crippen LogP contribution in [0.25, 0.3) is 0 Å². The molecule has 0 amide bonds. The van der Waals surface area contributed by atoms with Gasteiger partial charge in [0.1, 0.15) is 0 Å². The Morgan fingerprint density at radius 2 is 1.73 bits per heavy atom. The lowest BCUT2D eigenvalue weighted by Crippen LogP contribution is -2.38. The summed E-state index contributed by atoms with van der Waals surface area (Å²) >= 11 is 0. The van der Waals surface area contributed by atoms with Gasteiger partial charge in [0.05, 0.1) is 13.2 Å². The lowest BCUT2D eigenvalue weighted by Gasteiger charge is -2.38. The molecule has 0 radical (unpaired) electrons. The molecule has 0 saturated carbocycles. The van der Waals surface area contributed by atoms with Crippen molar-refractivity contribution < 1.29 is 14.9 Å². The molecular weight excluding hydrogens is 192 g/mol. The van der Waals surface area contributed by atoms with Crippen LogP contribution >= 0.6 is 0 Å². The van der Waals surface area contributed by atoms with Crippen molar-refractivity contribution in [2.75, 3.05) is 26.4 Å². The Bertz CT molecular complexity index is 170. The minimum absolute atomic E-state index is 0.0819. The number of hydrogen-bond acceptors (Lipinski definition) is 3. The van der Waals surface area contributed by atoms with Gasteiger partial charge in [-0.25, -0.2) is 0 Å². The first-order chi connectivity index (χ1) is 7.14. The number of aliphatic hydroxyl groups excluding tert-OH is 2. The Kier molecular flexibility index (Phi) is 5.03. The van der Waals surface area contributed by atoms with E-state index in [0.717, 1.165) is 32.5 Å². The highest BCUT2D eigenvalue weighted by Gasteiger charge is 2.35. The highest BCUT2D eigenvalue weighted by Crippen LogP contribution is 2.36. The van der Waals surface area contributed by atoms with Gasteiger partial charge in [0.25, 0.3) is 0 Å². The highest BCUT2D eigenvalue weighted by atomic mass is 16.5. The Balaban J connectivity index is 2.56. The van der Waals surface area contributed by atoms with E-state index in [1.807, 2.05) is 0 Å². The fourth-order valence-electron chi connectivity index (χ4n) is 2.31. The molecule has 2 N–H and O–H groups in total. The van der Waals surface area contributed by atoms with Crippen molar-refractivity contribution >= 4 is 0 Å². The van der Waals surface area contributed by atoms with Crippen LogP contribution in [-0.4, -0.2) is 36.6 Å². The van der Waals surface area contributed by atoms with Crippen LogP contribution in [0, 0.1) is 17.3 Å². The molecule has 0 spiro atoms. The number of aliphatic hydroxyl groups is 2. The molecule has 1 aliphatic rings. The molecule has 0 aromatic heterocycles. The number of rotatable bonds is 5. The fourth-order valence-corrected chi connectivity index (χ4v) is 2.31. The first kappa shape index (κ1) is 12.9. The number of ether oxygens (including phenoxy) is 1. The van der Waals surface area contributed by atoms with E-state index in [4.69, 9.17) is 4.74 Å². The van der Waals surface area contributed by atoms with Crippen LogP contribution in [0.15, 0.2) is 0 Å². The molecule has 0 aromatic carbocycles. The van der Waals surface area contributed by atoms with E-state index in [1.165, 1.54) is 0 Å². The third-order valence-electron chi connectivity index (χ3n) is 3.89. The fraction of sp³-hybridized carbons (Fsp3) is 1.00. The lowest BCUT2D eigenvalue weighted by atomic mass is 9.71. The third-order valence-corrected chi connectivity index (χ3v) is 3.89. The van der Waals surface area contributed by atoms with Crippen molar-refractivity contribution in [3.8, 4) is 0 Å². The zero-order chi connectivity index (χ0) is 11.3. The zero-order valence-corrected chi connectivity index (χ0v) is 9.91. The molecule has 1 saturated heterocycles. The highest BCUT2D eigenvalue weighted by molar-refractivity contribution is 4.84. The molecule has 1 fully saturated rings. The Morgan fingerprint density at radius 3 is 2.13 bits per heavy atom. The molecule has 0 atom stereocenters. The van der Waals surface area contributed by atoms with Gasteiger partial charge in [0.2, 0.25) is 0 Å². The van der Waals surface area contributed by atoms with Crippen molar-refractivity contribution in [1.82, 2.24) is 0 Å². The third kappa shape index (κ3) is 3.16. The topological polar surface area (TPSA) is 49.7 Å². The van der Waals surface area contributed by atoms with Crippen molar-refractivity contribution in [2.24, 2.45) is 17.3 Å². The van der Waals surface area contributed by atoms with Crippen molar-refractivity contribution in [3.63, 3.8) is 0 Å². The summed E-state index contributed by atoms with van der Waals surface area (Å²) in [5, 5.41) is 19.0. The predicted molar refractivity (Wildman–Crippen MR) is 59.6 cm³/mol. The minimum atomic E-state index is -0.304. The predicted octanol–water partition coefficient (Wildman–Crippen LogP) is 1.43. The molecule has 15 heavy (non-hydrogen) atoms. The minimum Gasteiger partial charge on any atom is -0.396 e. The second-order valence-electron chi connectivity index (χ2n) is 5.09. The van der Waals surface area contributed by atoms with E-state index in [2.05, 4.69) is 13.8 Å². The van der Waals surface area contributed by atoms with Gasteiger partial charge in [-0.2, -0.15) is 0 Å². The SMILES string of the molecule is CC(C)C(CO)(CO)CC1CCOCC1. The lowest BCUT2D eigenvalue weighted by molar-refractivity contribution is -0.0242. The standard InChI is InChI=1S/C12H24O3/c1-10(2)12(8-13,9-14)7-11-3-5-15-6-4-11/h10-11,13-14H,3-9H2,1-2H3. The summed E-state index contributed by atoms with van der Waals surface area (Å²) < 4.78 is 5.32. The van der Waals surface area contributed by atoms with Gasteiger partial charge in [0, 0.05) is 18.6 Å². The Hall–Kier alpha value is -0.120. The van der Waals surface area contributed by atoms with Gasteiger partial charge in [-0.1, -0.05) is 13.8 Å². The first-order valence-corrected chi connectivity index (χ1v) is 5.94. The van der Waals surface area contributed by atoms with Crippen LogP contribution < -0.4 is 0 Å². The first-order valence-electron chi connectivity index (χ1n) is 5.94. The maximum absolute atomic E-state index is 9.49. The molecule has 0 aromatic rings. The molecule has 3 heteroatoms. The van der Waals surface area contributed by atoms with Crippen LogP contribution in [0.2, 0.25) is 0 Å². The van der Waals surface area contributed by atoms with Crippen LogP contribution in [0.4, 0.5) is 0 Å². The van der Waals surface area contributed by atoms with E-state index in [0.29, 0.717) is 11.8 Å². The summed E-state index contributed by atoms with van der Waals surface area (Å²) in [7, 11) is 0. The molecule has 1 aliphatic heterocycles. The van der Waals surface area contributed by atoms with Crippen molar-refractivity contribution in [3.05, 3.63) is 0 Å². The second kappa shape index (κ2) is 5.83. The maximum Gasteiger partial charge on any atom is 0.0511 e. The molecule has 90 valence electrons. The largest absolute Gasteiger partial charge is 0.396 e. The van der Waals surface area contributed by atoms with Gasteiger partial charge in [-0.15, -0.1) is 0 Å². The summed E-state index contributed by atoms with van der Waals surface area (Å²) in [6, 6.07) is 0. The van der Waals surface area contributed by atoms with Crippen molar-refractivity contribution in [1.29, 1.82) is 0 Å². The molecule has 3 nitrogen and oxygen atoms in total. The monoisotopic (exact) mass is 216 g/mol. The molecular formula is C12H24O3. The summed E-state index contributed by atoms with van der Waals surface area (Å²) in [6.07, 6.45) is 3.05. The molecule has 1 rings (SSSR count). The van der Waals surface area contributed by atoms with Gasteiger partial charge in [0.15, 0.2) is 0 Å². The van der Waals surface area contributed by atoms with Gasteiger partial charge >= 0.3 is 0 Å².